The van der Waals surface area contributed by atoms with Crippen LogP contribution in [-0.2, 0) is 19.3 Å². The Balaban J connectivity index is 1.67. The lowest BCUT2D eigenvalue weighted by Crippen LogP contribution is -2.38. The van der Waals surface area contributed by atoms with Gasteiger partial charge < -0.3 is 0 Å². The molecule has 2 aromatic carbocycles. The largest absolute Gasteiger partial charge is 0.296 e. The summed E-state index contributed by atoms with van der Waals surface area (Å²) in [4.78, 5) is 2.77. The first kappa shape index (κ1) is 15.9. The van der Waals surface area contributed by atoms with Gasteiger partial charge in [-0.05, 0) is 73.4 Å². The summed E-state index contributed by atoms with van der Waals surface area (Å²) in [6.07, 6.45) is 7.61. The molecule has 1 atom stereocenters. The summed E-state index contributed by atoms with van der Waals surface area (Å²) < 4.78 is 0. The second kappa shape index (κ2) is 7.11. The minimum absolute atomic E-state index is 0.556. The van der Waals surface area contributed by atoms with E-state index in [1.54, 1.807) is 22.3 Å². The van der Waals surface area contributed by atoms with Gasteiger partial charge in [-0.15, -0.1) is 0 Å². The molecule has 1 nitrogen and oxygen atoms in total. The van der Waals surface area contributed by atoms with Crippen LogP contribution in [0.2, 0.25) is 0 Å². The fourth-order valence-corrected chi connectivity index (χ4v) is 4.67. The number of rotatable bonds is 2. The van der Waals surface area contributed by atoms with E-state index >= 15 is 0 Å². The van der Waals surface area contributed by atoms with Gasteiger partial charge in [0.05, 0.1) is 0 Å². The lowest BCUT2D eigenvalue weighted by atomic mass is 9.84. The summed E-state index contributed by atoms with van der Waals surface area (Å²) in [5.74, 6) is 0.942. The molecule has 1 heteroatoms. The van der Waals surface area contributed by atoms with Crippen LogP contribution in [0.1, 0.15) is 54.5 Å². The van der Waals surface area contributed by atoms with Crippen LogP contribution in [0.3, 0.4) is 0 Å². The van der Waals surface area contributed by atoms with E-state index in [-0.39, 0.29) is 0 Å². The van der Waals surface area contributed by atoms with Crippen LogP contribution >= 0.6 is 0 Å². The van der Waals surface area contributed by atoms with Crippen molar-refractivity contribution >= 4 is 0 Å². The summed E-state index contributed by atoms with van der Waals surface area (Å²) in [7, 11) is 0. The molecular formula is C23H29N. The quantitative estimate of drug-likeness (QED) is 0.736. The summed E-state index contributed by atoms with van der Waals surface area (Å²) >= 11 is 0. The van der Waals surface area contributed by atoms with E-state index in [4.69, 9.17) is 0 Å². The van der Waals surface area contributed by atoms with Crippen molar-refractivity contribution in [1.82, 2.24) is 4.90 Å². The number of nitrogens with zero attached hydrogens (tertiary/aromatic N) is 1. The highest BCUT2D eigenvalue weighted by Gasteiger charge is 2.28. The van der Waals surface area contributed by atoms with E-state index in [0.29, 0.717) is 6.04 Å². The summed E-state index contributed by atoms with van der Waals surface area (Å²) in [5.41, 5.74) is 6.27. The van der Waals surface area contributed by atoms with Crippen molar-refractivity contribution in [2.75, 3.05) is 13.1 Å². The van der Waals surface area contributed by atoms with Crippen LogP contribution in [0, 0.1) is 5.92 Å². The molecule has 4 rings (SSSR count). The monoisotopic (exact) mass is 319 g/mol. The Hall–Kier alpha value is -1.60. The van der Waals surface area contributed by atoms with Gasteiger partial charge in [0.25, 0.3) is 0 Å². The Morgan fingerprint density at radius 2 is 1.46 bits per heavy atom. The maximum atomic E-state index is 2.77. The zero-order valence-electron chi connectivity index (χ0n) is 14.9. The standard InChI is InChI=1S/C23H29N/c1-2-18-13-15-24(16-14-18)23-17-21-9-4-3-7-19(21)11-12-20-8-5-6-10-22(20)23/h3-10,18,23H,2,11-17H2,1H3. The Morgan fingerprint density at radius 1 is 0.833 bits per heavy atom. The van der Waals surface area contributed by atoms with Crippen molar-refractivity contribution in [3.63, 3.8) is 0 Å². The van der Waals surface area contributed by atoms with Crippen LogP contribution in [-0.4, -0.2) is 18.0 Å². The highest BCUT2D eigenvalue weighted by molar-refractivity contribution is 5.37. The second-order valence-corrected chi connectivity index (χ2v) is 7.58. The van der Waals surface area contributed by atoms with E-state index in [1.165, 1.54) is 51.6 Å². The molecule has 2 aromatic rings. The third kappa shape index (κ3) is 3.15. The van der Waals surface area contributed by atoms with Crippen LogP contribution in [0.15, 0.2) is 48.5 Å². The molecule has 0 spiro atoms. The molecule has 0 saturated carbocycles. The number of aryl methyl sites for hydroxylation is 2. The van der Waals surface area contributed by atoms with Gasteiger partial charge in [0, 0.05) is 6.04 Å². The Kier molecular flexibility index (Phi) is 4.71. The molecule has 1 aliphatic carbocycles. The average Bonchev–Trinajstić information content (AvgIpc) is 2.64. The first-order valence-electron chi connectivity index (χ1n) is 9.73. The van der Waals surface area contributed by atoms with Crippen molar-refractivity contribution in [3.8, 4) is 0 Å². The minimum atomic E-state index is 0.556. The van der Waals surface area contributed by atoms with Crippen LogP contribution in [0.5, 0.6) is 0 Å². The molecule has 0 aromatic heterocycles. The van der Waals surface area contributed by atoms with Gasteiger partial charge in [-0.2, -0.15) is 0 Å². The summed E-state index contributed by atoms with van der Waals surface area (Å²) in [6.45, 7) is 4.88. The van der Waals surface area contributed by atoms with Gasteiger partial charge in [0.1, 0.15) is 0 Å². The Labute approximate surface area is 146 Å². The maximum Gasteiger partial charge on any atom is 0.0391 e. The average molecular weight is 319 g/mol. The van der Waals surface area contributed by atoms with E-state index in [9.17, 15) is 0 Å². The van der Waals surface area contributed by atoms with Gasteiger partial charge >= 0.3 is 0 Å². The molecule has 0 radical (unpaired) electrons. The predicted octanol–water partition coefficient (Wildman–Crippen LogP) is 5.19. The zero-order valence-corrected chi connectivity index (χ0v) is 14.9. The van der Waals surface area contributed by atoms with Crippen molar-refractivity contribution < 1.29 is 0 Å². The molecule has 0 N–H and O–H groups in total. The van der Waals surface area contributed by atoms with Crippen LogP contribution in [0.25, 0.3) is 0 Å². The van der Waals surface area contributed by atoms with Gasteiger partial charge in [0.15, 0.2) is 0 Å². The molecule has 1 saturated heterocycles. The predicted molar refractivity (Wildman–Crippen MR) is 101 cm³/mol. The molecule has 1 aliphatic heterocycles. The first-order chi connectivity index (χ1) is 11.8. The van der Waals surface area contributed by atoms with Crippen molar-refractivity contribution in [2.45, 2.75) is 51.5 Å². The van der Waals surface area contributed by atoms with Gasteiger partial charge in [-0.3, -0.25) is 4.90 Å². The number of fused-ring (bicyclic) bond motifs is 2. The molecule has 1 fully saturated rings. The lowest BCUT2D eigenvalue weighted by Gasteiger charge is -2.39. The van der Waals surface area contributed by atoms with Crippen molar-refractivity contribution in [2.24, 2.45) is 5.92 Å². The fourth-order valence-electron chi connectivity index (χ4n) is 4.67. The molecule has 0 bridgehead atoms. The molecule has 1 unspecified atom stereocenters. The number of hydrogen-bond donors (Lipinski definition) is 0. The number of likely N-dealkylation sites (tertiary alicyclic amines) is 1. The summed E-state index contributed by atoms with van der Waals surface area (Å²) in [6, 6.07) is 18.9. The Bertz CT molecular complexity index is 682. The van der Waals surface area contributed by atoms with E-state index in [1.807, 2.05) is 0 Å². The smallest absolute Gasteiger partial charge is 0.0391 e. The lowest BCUT2D eigenvalue weighted by molar-refractivity contribution is 0.129. The number of benzene rings is 2. The normalized spacial score (nSPS) is 22.3. The zero-order chi connectivity index (χ0) is 16.4. The maximum absolute atomic E-state index is 2.77. The van der Waals surface area contributed by atoms with Crippen molar-refractivity contribution in [1.29, 1.82) is 0 Å². The molecule has 0 amide bonds. The van der Waals surface area contributed by atoms with E-state index < -0.39 is 0 Å². The highest BCUT2D eigenvalue weighted by atomic mass is 15.2. The van der Waals surface area contributed by atoms with Gasteiger partial charge in [0.2, 0.25) is 0 Å². The van der Waals surface area contributed by atoms with Crippen LogP contribution in [0.4, 0.5) is 0 Å². The molecule has 1 heterocycles. The number of piperidine rings is 1. The fraction of sp³-hybridized carbons (Fsp3) is 0.478. The molecular weight excluding hydrogens is 290 g/mol. The van der Waals surface area contributed by atoms with Crippen LogP contribution < -0.4 is 0 Å². The van der Waals surface area contributed by atoms with Crippen molar-refractivity contribution in [3.05, 3.63) is 70.8 Å². The number of hydrogen-bond acceptors (Lipinski definition) is 1. The molecule has 2 aliphatic rings. The van der Waals surface area contributed by atoms with E-state index in [2.05, 4.69) is 60.4 Å². The SMILES string of the molecule is CCC1CCN(C2Cc3ccccc3CCc3ccccc32)CC1. The molecule has 24 heavy (non-hydrogen) atoms. The molecule has 126 valence electrons. The van der Waals surface area contributed by atoms with Gasteiger partial charge in [-0.1, -0.05) is 61.9 Å². The first-order valence-corrected chi connectivity index (χ1v) is 9.73. The second-order valence-electron chi connectivity index (χ2n) is 7.58. The highest BCUT2D eigenvalue weighted by Crippen LogP contribution is 2.35. The summed E-state index contributed by atoms with van der Waals surface area (Å²) in [5, 5.41) is 0. The van der Waals surface area contributed by atoms with Gasteiger partial charge in [-0.25, -0.2) is 0 Å². The third-order valence-electron chi connectivity index (χ3n) is 6.28. The third-order valence-corrected chi connectivity index (χ3v) is 6.28. The topological polar surface area (TPSA) is 3.24 Å². The minimum Gasteiger partial charge on any atom is -0.296 e. The van der Waals surface area contributed by atoms with E-state index in [0.717, 1.165) is 5.92 Å². The Morgan fingerprint density at radius 3 is 2.21 bits per heavy atom.